The first-order valence-electron chi connectivity index (χ1n) is 5.67. The van der Waals surface area contributed by atoms with E-state index >= 15 is 0 Å². The van der Waals surface area contributed by atoms with Crippen molar-refractivity contribution in [3.8, 4) is 11.1 Å². The van der Waals surface area contributed by atoms with Gasteiger partial charge in [-0.3, -0.25) is 0 Å². The van der Waals surface area contributed by atoms with Gasteiger partial charge in [-0.25, -0.2) is 0 Å². The van der Waals surface area contributed by atoms with Crippen molar-refractivity contribution >= 4 is 5.57 Å². The number of fused-ring (bicyclic) bond motifs is 3. The molecule has 0 saturated carbocycles. The van der Waals surface area contributed by atoms with Crippen LogP contribution in [0.4, 0.5) is 0 Å². The lowest BCUT2D eigenvalue weighted by Gasteiger charge is -1.97. The molecular formula is C16H10O. The molecule has 80 valence electrons. The lowest BCUT2D eigenvalue weighted by Crippen LogP contribution is -1.80. The number of rotatable bonds is 0. The first kappa shape index (κ1) is 8.82. The summed E-state index contributed by atoms with van der Waals surface area (Å²) in [5, 5.41) is 0. The van der Waals surface area contributed by atoms with Crippen molar-refractivity contribution in [3.63, 3.8) is 0 Å². The normalized spacial score (nSPS) is 15.4. The van der Waals surface area contributed by atoms with Gasteiger partial charge in [0.2, 0.25) is 0 Å². The van der Waals surface area contributed by atoms with Crippen LogP contribution in [0.1, 0.15) is 11.1 Å². The van der Waals surface area contributed by atoms with Gasteiger partial charge in [0.25, 0.3) is 0 Å². The predicted molar refractivity (Wildman–Crippen MR) is 68.1 cm³/mol. The van der Waals surface area contributed by atoms with Crippen molar-refractivity contribution in [1.82, 2.24) is 0 Å². The van der Waals surface area contributed by atoms with E-state index < -0.39 is 0 Å². The third-order valence-electron chi connectivity index (χ3n) is 3.35. The van der Waals surface area contributed by atoms with Crippen LogP contribution < -0.4 is 0 Å². The van der Waals surface area contributed by atoms with Crippen LogP contribution in [0.2, 0.25) is 0 Å². The predicted octanol–water partition coefficient (Wildman–Crippen LogP) is 3.97. The number of benzene rings is 2. The summed E-state index contributed by atoms with van der Waals surface area (Å²) in [7, 11) is 0. The lowest BCUT2D eigenvalue weighted by atomic mass is 10.0. The number of epoxide rings is 1. The van der Waals surface area contributed by atoms with Gasteiger partial charge in [-0.1, -0.05) is 55.1 Å². The summed E-state index contributed by atoms with van der Waals surface area (Å²) in [6.45, 7) is 3.86. The second-order valence-electron chi connectivity index (χ2n) is 4.32. The topological polar surface area (TPSA) is 12.5 Å². The highest BCUT2D eigenvalue weighted by Crippen LogP contribution is 2.50. The number of ether oxygens (including phenoxy) is 1. The van der Waals surface area contributed by atoms with Crippen LogP contribution in [0.25, 0.3) is 16.7 Å². The van der Waals surface area contributed by atoms with E-state index in [9.17, 15) is 0 Å². The molecule has 2 aromatic carbocycles. The zero-order valence-corrected chi connectivity index (χ0v) is 9.23. The van der Waals surface area contributed by atoms with Crippen LogP contribution in [0.5, 0.6) is 0 Å². The third-order valence-corrected chi connectivity index (χ3v) is 3.35. The van der Waals surface area contributed by atoms with E-state index in [0.717, 1.165) is 11.5 Å². The molecule has 0 atom stereocenters. The summed E-state index contributed by atoms with van der Waals surface area (Å²) in [4.78, 5) is 0. The van der Waals surface area contributed by atoms with Crippen LogP contribution in [-0.2, 0) is 4.74 Å². The van der Waals surface area contributed by atoms with Crippen LogP contribution in [0, 0.1) is 0 Å². The largest absolute Gasteiger partial charge is 0.449 e. The molecular weight excluding hydrogens is 208 g/mol. The van der Waals surface area contributed by atoms with Gasteiger partial charge >= 0.3 is 0 Å². The fourth-order valence-corrected chi connectivity index (χ4v) is 2.55. The molecule has 0 aromatic heterocycles. The van der Waals surface area contributed by atoms with E-state index in [1.54, 1.807) is 0 Å². The molecule has 0 unspecified atom stereocenters. The average molecular weight is 218 g/mol. The molecule has 1 aliphatic carbocycles. The van der Waals surface area contributed by atoms with Crippen molar-refractivity contribution in [2.24, 2.45) is 0 Å². The van der Waals surface area contributed by atoms with Crippen molar-refractivity contribution < 1.29 is 4.74 Å². The summed E-state index contributed by atoms with van der Waals surface area (Å²) in [6.07, 6.45) is 0. The first-order chi connectivity index (χ1) is 8.36. The molecule has 1 aliphatic heterocycles. The van der Waals surface area contributed by atoms with Gasteiger partial charge in [0, 0.05) is 5.57 Å². The van der Waals surface area contributed by atoms with Crippen LogP contribution in [0.15, 0.2) is 66.6 Å². The SMILES string of the molecule is C=C1OC1=C1c2ccccc2-c2ccccc21. The standard InChI is InChI=1S/C16H10O/c1-10-16(17-10)15-13-8-4-2-6-11(13)12-7-3-5-9-14(12)15/h2-9H,1H2. The Morgan fingerprint density at radius 3 is 1.53 bits per heavy atom. The van der Waals surface area contributed by atoms with Gasteiger partial charge in [-0.2, -0.15) is 0 Å². The van der Waals surface area contributed by atoms with Crippen molar-refractivity contribution in [2.45, 2.75) is 0 Å². The molecule has 0 radical (unpaired) electrons. The number of hydrogen-bond donors (Lipinski definition) is 0. The van der Waals surface area contributed by atoms with Crippen LogP contribution in [0.3, 0.4) is 0 Å². The smallest absolute Gasteiger partial charge is 0.177 e. The molecule has 0 amide bonds. The summed E-state index contributed by atoms with van der Waals surface area (Å²) in [5.74, 6) is 1.74. The molecule has 1 heterocycles. The van der Waals surface area contributed by atoms with Crippen molar-refractivity contribution in [3.05, 3.63) is 77.8 Å². The van der Waals surface area contributed by atoms with Gasteiger partial charge in [-0.15, -0.1) is 0 Å². The second-order valence-corrected chi connectivity index (χ2v) is 4.32. The minimum absolute atomic E-state index is 0.798. The third kappa shape index (κ3) is 1.08. The minimum atomic E-state index is 0.798. The molecule has 1 saturated heterocycles. The summed E-state index contributed by atoms with van der Waals surface area (Å²) < 4.78 is 5.40. The maximum Gasteiger partial charge on any atom is 0.177 e. The van der Waals surface area contributed by atoms with Gasteiger partial charge in [0.05, 0.1) is 0 Å². The zero-order chi connectivity index (χ0) is 11.4. The molecule has 0 spiro atoms. The molecule has 2 aliphatic rings. The van der Waals surface area contributed by atoms with E-state index in [1.165, 1.54) is 27.8 Å². The Bertz CT molecular complexity index is 645. The molecule has 17 heavy (non-hydrogen) atoms. The zero-order valence-electron chi connectivity index (χ0n) is 9.23. The van der Waals surface area contributed by atoms with Crippen LogP contribution >= 0.6 is 0 Å². The van der Waals surface area contributed by atoms with E-state index in [2.05, 4.69) is 55.1 Å². The summed E-state index contributed by atoms with van der Waals surface area (Å²) >= 11 is 0. The maximum atomic E-state index is 5.40. The van der Waals surface area contributed by atoms with Gasteiger partial charge < -0.3 is 4.74 Å². The molecule has 0 N–H and O–H groups in total. The lowest BCUT2D eigenvalue weighted by molar-refractivity contribution is 0.557. The molecule has 1 nitrogen and oxygen atoms in total. The Labute approximate surface area is 99.7 Å². The molecule has 0 bridgehead atoms. The van der Waals surface area contributed by atoms with Crippen molar-refractivity contribution in [2.75, 3.05) is 0 Å². The summed E-state index contributed by atoms with van der Waals surface area (Å²) in [5.41, 5.74) is 6.27. The van der Waals surface area contributed by atoms with Gasteiger partial charge in [0.15, 0.2) is 11.5 Å². The Morgan fingerprint density at radius 1 is 0.706 bits per heavy atom. The Morgan fingerprint density at radius 2 is 1.12 bits per heavy atom. The molecule has 1 fully saturated rings. The highest BCUT2D eigenvalue weighted by molar-refractivity contribution is 6.03. The minimum Gasteiger partial charge on any atom is -0.449 e. The fraction of sp³-hybridized carbons (Fsp3) is 0. The Hall–Kier alpha value is -2.28. The van der Waals surface area contributed by atoms with Gasteiger partial charge in [0.1, 0.15) is 0 Å². The van der Waals surface area contributed by atoms with Crippen LogP contribution in [-0.4, -0.2) is 0 Å². The first-order valence-corrected chi connectivity index (χ1v) is 5.67. The molecule has 2 aromatic rings. The monoisotopic (exact) mass is 218 g/mol. The Balaban J connectivity index is 2.14. The van der Waals surface area contributed by atoms with Crippen molar-refractivity contribution in [1.29, 1.82) is 0 Å². The molecule has 4 rings (SSSR count). The fourth-order valence-electron chi connectivity index (χ4n) is 2.55. The van der Waals surface area contributed by atoms with Gasteiger partial charge in [-0.05, 0) is 22.3 Å². The number of hydrogen-bond acceptors (Lipinski definition) is 1. The second kappa shape index (κ2) is 2.89. The highest BCUT2D eigenvalue weighted by atomic mass is 16.6. The summed E-state index contributed by atoms with van der Waals surface area (Å²) in [6, 6.07) is 16.9. The van der Waals surface area contributed by atoms with E-state index in [4.69, 9.17) is 4.74 Å². The quantitative estimate of drug-likeness (QED) is 0.520. The van der Waals surface area contributed by atoms with E-state index in [-0.39, 0.29) is 0 Å². The maximum absolute atomic E-state index is 5.40. The average Bonchev–Trinajstić information content (AvgIpc) is 2.99. The molecule has 1 heteroatoms. The Kier molecular flexibility index (Phi) is 1.50. The van der Waals surface area contributed by atoms with E-state index in [0.29, 0.717) is 0 Å². The van der Waals surface area contributed by atoms with E-state index in [1.807, 2.05) is 0 Å². The highest BCUT2D eigenvalue weighted by Gasteiger charge is 2.34.